The summed E-state index contributed by atoms with van der Waals surface area (Å²) in [5.41, 5.74) is 1.10. The molecule has 15 heteroatoms. The van der Waals surface area contributed by atoms with Gasteiger partial charge in [0, 0.05) is 38.2 Å². The number of aliphatic hydroxyl groups is 1. The Labute approximate surface area is 316 Å². The van der Waals surface area contributed by atoms with Crippen molar-refractivity contribution in [2.75, 3.05) is 39.6 Å². The summed E-state index contributed by atoms with van der Waals surface area (Å²) in [6.45, 7) is 4.59. The Bertz CT molecular complexity index is 1830. The summed E-state index contributed by atoms with van der Waals surface area (Å²) >= 11 is 0. The number of hydrogen-bond donors (Lipinski definition) is 3. The topological polar surface area (TPSA) is 179 Å². The number of nitrogens with one attached hydrogen (secondary N) is 2. The van der Waals surface area contributed by atoms with E-state index in [1.165, 1.54) is 22.5 Å². The van der Waals surface area contributed by atoms with Gasteiger partial charge in [0.2, 0.25) is 16.8 Å². The molecule has 0 spiro atoms. The molecule has 3 aliphatic rings. The van der Waals surface area contributed by atoms with E-state index >= 15 is 0 Å². The number of fused-ring (bicyclic) bond motifs is 2. The van der Waals surface area contributed by atoms with Crippen LogP contribution in [0.5, 0.6) is 11.5 Å². The van der Waals surface area contributed by atoms with Crippen LogP contribution >= 0.6 is 0 Å². The Morgan fingerprint density at radius 1 is 0.963 bits per heavy atom. The average Bonchev–Trinajstić information content (AvgIpc) is 3.91. The van der Waals surface area contributed by atoms with Crippen molar-refractivity contribution < 1.29 is 47.2 Å². The smallest absolute Gasteiger partial charge is 0.315 e. The predicted octanol–water partition coefficient (Wildman–Crippen LogP) is 3.09. The fourth-order valence-corrected chi connectivity index (χ4v) is 9.11. The molecule has 2 fully saturated rings. The number of benzene rings is 3. The molecule has 14 nitrogen and oxygen atoms in total. The van der Waals surface area contributed by atoms with Crippen LogP contribution in [0.3, 0.4) is 0 Å². The number of carbonyl (C=O) groups is 2. The standard InChI is InChI=1S/C39H50N4O10S/c1-39(2,17-9-18-40-37(45)41-22-28-12-7-4-8-13-28)25-42(54(48,49)29-14-15-34-35(21-29)53-26-52-34)23-33(44)31(20-27-10-5-3-6-11-27)43(38(46)47)32-24-51-36-30(32)16-19-50-36/h3-8,10-15,21,30-33,36,44H,9,16-20,22-26H2,1-2H3,(H,46,47)(H2,40,41,45)/p-1/t30-,31-,32-,33+,36+/m0/s1. The highest BCUT2D eigenvalue weighted by molar-refractivity contribution is 7.89. The minimum atomic E-state index is -4.28. The van der Waals surface area contributed by atoms with Crippen LogP contribution in [-0.2, 0) is 32.5 Å². The lowest BCUT2D eigenvalue weighted by molar-refractivity contribution is -0.273. The largest absolute Gasteiger partial charge is 0.530 e. The van der Waals surface area contributed by atoms with E-state index in [0.717, 1.165) is 16.0 Å². The number of ether oxygens (including phenoxy) is 4. The van der Waals surface area contributed by atoms with Crippen LogP contribution in [0, 0.1) is 11.3 Å². The van der Waals surface area contributed by atoms with Gasteiger partial charge in [0.25, 0.3) is 0 Å². The number of aliphatic hydroxyl groups excluding tert-OH is 1. The third kappa shape index (κ3) is 9.63. The van der Waals surface area contributed by atoms with Gasteiger partial charge < -0.3 is 49.5 Å². The second-order valence-corrected chi connectivity index (χ2v) is 16.7. The van der Waals surface area contributed by atoms with Crippen molar-refractivity contribution in [3.8, 4) is 11.5 Å². The van der Waals surface area contributed by atoms with Crippen molar-refractivity contribution in [2.45, 2.75) is 75.4 Å². The average molecular weight is 766 g/mol. The Hall–Kier alpha value is -4.41. The first-order chi connectivity index (χ1) is 25.9. The molecule has 2 saturated heterocycles. The first kappa shape index (κ1) is 39.3. The summed E-state index contributed by atoms with van der Waals surface area (Å²) in [6, 6.07) is 21.0. The minimum Gasteiger partial charge on any atom is -0.530 e. The van der Waals surface area contributed by atoms with E-state index in [4.69, 9.17) is 18.9 Å². The first-order valence-electron chi connectivity index (χ1n) is 18.3. The fourth-order valence-electron chi connectivity index (χ4n) is 7.45. The SMILES string of the molecule is CC(C)(CCCNC(=O)NCc1ccccc1)CN(C[C@@H](O)[C@H](Cc1ccccc1)N(C(=O)[O-])[C@H]1CO[C@H]2OCC[C@H]21)S(=O)(=O)c1ccc2c(c1)OCO2. The highest BCUT2D eigenvalue weighted by Gasteiger charge is 2.47. The number of amides is 3. The van der Waals surface area contributed by atoms with E-state index in [0.29, 0.717) is 44.7 Å². The van der Waals surface area contributed by atoms with Crippen LogP contribution in [0.25, 0.3) is 0 Å². The Kier molecular flexibility index (Phi) is 12.6. The molecule has 3 aromatic rings. The van der Waals surface area contributed by atoms with Crippen LogP contribution in [0.2, 0.25) is 0 Å². The lowest BCUT2D eigenvalue weighted by Crippen LogP contribution is -2.61. The summed E-state index contributed by atoms with van der Waals surface area (Å²) in [5.74, 6) is 0.448. The molecule has 0 radical (unpaired) electrons. The van der Waals surface area contributed by atoms with Gasteiger partial charge in [-0.15, -0.1) is 0 Å². The zero-order valence-electron chi connectivity index (χ0n) is 30.6. The molecule has 3 aliphatic heterocycles. The molecule has 0 aromatic heterocycles. The lowest BCUT2D eigenvalue weighted by atomic mass is 9.87. The van der Waals surface area contributed by atoms with Crippen LogP contribution < -0.4 is 25.2 Å². The van der Waals surface area contributed by atoms with Crippen LogP contribution in [0.4, 0.5) is 9.59 Å². The van der Waals surface area contributed by atoms with E-state index in [-0.39, 0.29) is 49.0 Å². The molecule has 0 bridgehead atoms. The molecule has 3 heterocycles. The minimum absolute atomic E-state index is 0.0184. The van der Waals surface area contributed by atoms with Gasteiger partial charge in [-0.25, -0.2) is 13.2 Å². The van der Waals surface area contributed by atoms with Crippen molar-refractivity contribution in [1.82, 2.24) is 19.8 Å². The second-order valence-electron chi connectivity index (χ2n) is 14.8. The summed E-state index contributed by atoms with van der Waals surface area (Å²) < 4.78 is 52.6. The number of sulfonamides is 1. The highest BCUT2D eigenvalue weighted by atomic mass is 32.2. The quantitative estimate of drug-likeness (QED) is 0.173. The van der Waals surface area contributed by atoms with Crippen molar-refractivity contribution in [3.63, 3.8) is 0 Å². The van der Waals surface area contributed by atoms with Gasteiger partial charge in [0.1, 0.15) is 6.09 Å². The molecule has 0 unspecified atom stereocenters. The molecule has 292 valence electrons. The maximum Gasteiger partial charge on any atom is 0.315 e. The fraction of sp³-hybridized carbons (Fsp3) is 0.487. The zero-order valence-corrected chi connectivity index (χ0v) is 31.4. The van der Waals surface area contributed by atoms with Crippen molar-refractivity contribution >= 4 is 22.1 Å². The van der Waals surface area contributed by atoms with Crippen molar-refractivity contribution in [2.24, 2.45) is 11.3 Å². The van der Waals surface area contributed by atoms with Gasteiger partial charge >= 0.3 is 6.03 Å². The molecule has 3 aromatic carbocycles. The van der Waals surface area contributed by atoms with Crippen molar-refractivity contribution in [1.29, 1.82) is 0 Å². The molecule has 5 atom stereocenters. The summed E-state index contributed by atoms with van der Waals surface area (Å²) in [4.78, 5) is 26.5. The zero-order chi connectivity index (χ0) is 38.3. The second kappa shape index (κ2) is 17.4. The van der Waals surface area contributed by atoms with Crippen LogP contribution in [0.1, 0.15) is 44.2 Å². The van der Waals surface area contributed by atoms with Gasteiger partial charge in [0.15, 0.2) is 17.8 Å². The van der Waals surface area contributed by atoms with E-state index in [1.54, 1.807) is 0 Å². The molecular weight excluding hydrogens is 717 g/mol. The number of nitrogens with zero attached hydrogens (tertiary/aromatic N) is 2. The summed E-state index contributed by atoms with van der Waals surface area (Å²) in [5, 5.41) is 30.8. The van der Waals surface area contributed by atoms with E-state index in [9.17, 15) is 28.2 Å². The molecule has 0 aliphatic carbocycles. The first-order valence-corrected chi connectivity index (χ1v) is 19.8. The molecule has 0 saturated carbocycles. The highest BCUT2D eigenvalue weighted by Crippen LogP contribution is 2.38. The lowest BCUT2D eigenvalue weighted by Gasteiger charge is -2.43. The molecule has 54 heavy (non-hydrogen) atoms. The van der Waals surface area contributed by atoms with Crippen molar-refractivity contribution in [3.05, 3.63) is 90.0 Å². The summed E-state index contributed by atoms with van der Waals surface area (Å²) in [6.07, 6.45) is -1.76. The third-order valence-corrected chi connectivity index (χ3v) is 12.1. The van der Waals surface area contributed by atoms with E-state index in [1.807, 2.05) is 74.5 Å². The predicted molar refractivity (Wildman–Crippen MR) is 196 cm³/mol. The number of rotatable bonds is 17. The maximum atomic E-state index is 14.5. The Morgan fingerprint density at radius 3 is 2.39 bits per heavy atom. The molecule has 3 amide bonds. The maximum absolute atomic E-state index is 14.5. The van der Waals surface area contributed by atoms with Gasteiger partial charge in [0.05, 0.1) is 36.3 Å². The molecule has 6 rings (SSSR count). The van der Waals surface area contributed by atoms with E-state index < -0.39 is 52.6 Å². The third-order valence-electron chi connectivity index (χ3n) is 10.3. The summed E-state index contributed by atoms with van der Waals surface area (Å²) in [7, 11) is -4.28. The van der Waals surface area contributed by atoms with Gasteiger partial charge in [-0.2, -0.15) is 4.31 Å². The van der Waals surface area contributed by atoms with Crippen LogP contribution in [0.15, 0.2) is 83.8 Å². The molecular formula is C39H49N4O10S-. The van der Waals surface area contributed by atoms with Gasteiger partial charge in [-0.05, 0) is 54.4 Å². The Morgan fingerprint density at radius 2 is 1.67 bits per heavy atom. The van der Waals surface area contributed by atoms with Gasteiger partial charge in [-0.3, -0.25) is 0 Å². The Balaban J connectivity index is 1.21. The number of urea groups is 1. The number of carbonyl (C=O) groups excluding carboxylic acids is 2. The van der Waals surface area contributed by atoms with Crippen LogP contribution in [-0.4, -0.2) is 99.0 Å². The number of hydrogen-bond acceptors (Lipinski definition) is 10. The number of carboxylic acid groups (broad SMARTS) is 1. The van der Waals surface area contributed by atoms with Gasteiger partial charge in [-0.1, -0.05) is 74.5 Å². The monoisotopic (exact) mass is 765 g/mol. The van der Waals surface area contributed by atoms with E-state index in [2.05, 4.69) is 10.6 Å². The molecule has 3 N–H and O–H groups in total. The normalized spacial score (nSPS) is 20.3.